The predicted octanol–water partition coefficient (Wildman–Crippen LogP) is 3.04. The summed E-state index contributed by atoms with van der Waals surface area (Å²) < 4.78 is 26.1. The number of nitrogens with one attached hydrogen (secondary N) is 1. The normalized spacial score (nSPS) is 11.7. The zero-order valence-corrected chi connectivity index (χ0v) is 15.5. The number of para-hydroxylation sites is 1. The molecule has 0 aliphatic carbocycles. The maximum absolute atomic E-state index is 12.4. The molecule has 0 aliphatic rings. The summed E-state index contributed by atoms with van der Waals surface area (Å²) in [7, 11) is -2.23. The zero-order valence-electron chi connectivity index (χ0n) is 13.1. The van der Waals surface area contributed by atoms with Crippen LogP contribution in [-0.2, 0) is 14.8 Å². The molecular weight excluding hydrogens is 352 g/mol. The number of thioether (sulfide) groups is 1. The Bertz CT molecular complexity index is 800. The maximum atomic E-state index is 12.4. The average molecular weight is 371 g/mol. The van der Waals surface area contributed by atoms with Crippen molar-refractivity contribution in [3.05, 3.63) is 41.3 Å². The Morgan fingerprint density at radius 1 is 1.26 bits per heavy atom. The fourth-order valence-corrected chi connectivity index (χ4v) is 5.10. The largest absolute Gasteiger partial charge is 0.324 e. The van der Waals surface area contributed by atoms with Crippen LogP contribution in [0.3, 0.4) is 0 Å². The molecule has 1 aromatic carbocycles. The summed E-state index contributed by atoms with van der Waals surface area (Å²) >= 11 is 2.71. The molecule has 0 spiro atoms. The smallest absolute Gasteiger partial charge is 0.252 e. The summed E-state index contributed by atoms with van der Waals surface area (Å²) in [5.74, 6) is -0.370. The third kappa shape index (κ3) is 4.35. The van der Waals surface area contributed by atoms with Gasteiger partial charge in [0.05, 0.1) is 12.2 Å². The van der Waals surface area contributed by atoms with Gasteiger partial charge in [0.15, 0.2) is 0 Å². The van der Waals surface area contributed by atoms with E-state index in [-0.39, 0.29) is 16.7 Å². The first kappa shape index (κ1) is 18.0. The minimum atomic E-state index is -3.64. The minimum absolute atomic E-state index is 0.234. The number of anilines is 1. The van der Waals surface area contributed by atoms with Crippen LogP contribution in [0.1, 0.15) is 4.88 Å². The van der Waals surface area contributed by atoms with E-state index in [1.807, 2.05) is 31.4 Å². The van der Waals surface area contributed by atoms with Crippen LogP contribution in [0.5, 0.6) is 0 Å². The lowest BCUT2D eigenvalue weighted by Gasteiger charge is -2.16. The van der Waals surface area contributed by atoms with Crippen LogP contribution in [-0.4, -0.2) is 38.5 Å². The first-order chi connectivity index (χ1) is 10.8. The monoisotopic (exact) mass is 370 g/mol. The highest BCUT2D eigenvalue weighted by Gasteiger charge is 2.24. The van der Waals surface area contributed by atoms with Crippen LogP contribution in [0, 0.1) is 6.92 Å². The lowest BCUT2D eigenvalue weighted by Crippen LogP contribution is -2.34. The predicted molar refractivity (Wildman–Crippen MR) is 95.7 cm³/mol. The Labute approximate surface area is 144 Å². The molecular formula is C15H18N2O3S3. The van der Waals surface area contributed by atoms with Crippen LogP contribution in [0.2, 0.25) is 0 Å². The lowest BCUT2D eigenvalue weighted by molar-refractivity contribution is -0.116. The molecule has 2 aromatic rings. The van der Waals surface area contributed by atoms with E-state index in [2.05, 4.69) is 5.32 Å². The molecule has 0 unspecified atom stereocenters. The molecule has 2 rings (SSSR count). The number of likely N-dealkylation sites (N-methyl/N-ethyl adjacent to an activating group) is 1. The molecule has 0 atom stereocenters. The molecule has 0 radical (unpaired) electrons. The number of thiophene rings is 1. The van der Waals surface area contributed by atoms with Crippen molar-refractivity contribution in [1.29, 1.82) is 0 Å². The molecule has 1 heterocycles. The van der Waals surface area contributed by atoms with Crippen LogP contribution >= 0.6 is 23.1 Å². The Balaban J connectivity index is 2.08. The van der Waals surface area contributed by atoms with Crippen molar-refractivity contribution in [3.8, 4) is 0 Å². The van der Waals surface area contributed by atoms with Crippen LogP contribution in [0.15, 0.2) is 45.5 Å². The van der Waals surface area contributed by atoms with Gasteiger partial charge in [-0.3, -0.25) is 4.79 Å². The highest BCUT2D eigenvalue weighted by Crippen LogP contribution is 2.25. The Kier molecular flexibility index (Phi) is 5.85. The molecule has 124 valence electrons. The number of sulfonamides is 1. The molecule has 1 N–H and O–H groups in total. The van der Waals surface area contributed by atoms with E-state index in [1.165, 1.54) is 30.1 Å². The Morgan fingerprint density at radius 3 is 2.57 bits per heavy atom. The number of carbonyl (C=O) groups excluding carboxylic acids is 1. The average Bonchev–Trinajstić information content (AvgIpc) is 2.95. The van der Waals surface area contributed by atoms with E-state index in [4.69, 9.17) is 0 Å². The van der Waals surface area contributed by atoms with Gasteiger partial charge in [-0.05, 0) is 37.4 Å². The summed E-state index contributed by atoms with van der Waals surface area (Å²) in [6, 6.07) is 10.7. The van der Waals surface area contributed by atoms with Gasteiger partial charge in [0.1, 0.15) is 4.21 Å². The van der Waals surface area contributed by atoms with Crippen molar-refractivity contribution in [3.63, 3.8) is 0 Å². The standard InChI is InChI=1S/C15H18N2O3S3/c1-11-8-9-15(22-11)23(19,20)17(2)10-14(18)16-12-6-4-5-7-13(12)21-3/h4-9H,10H2,1-3H3,(H,16,18). The van der Waals surface area contributed by atoms with Crippen LogP contribution in [0.4, 0.5) is 5.69 Å². The quantitative estimate of drug-likeness (QED) is 0.794. The summed E-state index contributed by atoms with van der Waals surface area (Å²) in [6.45, 7) is 1.61. The van der Waals surface area contributed by atoms with Gasteiger partial charge in [0.2, 0.25) is 5.91 Å². The molecule has 23 heavy (non-hydrogen) atoms. The molecule has 8 heteroatoms. The van der Waals surface area contributed by atoms with E-state index >= 15 is 0 Å². The van der Waals surface area contributed by atoms with Gasteiger partial charge in [-0.2, -0.15) is 4.31 Å². The third-order valence-electron chi connectivity index (χ3n) is 3.13. The van der Waals surface area contributed by atoms with Gasteiger partial charge in [-0.1, -0.05) is 12.1 Å². The number of amides is 1. The van der Waals surface area contributed by atoms with E-state index in [9.17, 15) is 13.2 Å². The van der Waals surface area contributed by atoms with Gasteiger partial charge in [0.25, 0.3) is 10.0 Å². The van der Waals surface area contributed by atoms with E-state index in [1.54, 1.807) is 18.2 Å². The first-order valence-electron chi connectivity index (χ1n) is 6.80. The molecule has 0 fully saturated rings. The number of hydrogen-bond acceptors (Lipinski definition) is 5. The molecule has 0 aliphatic heterocycles. The fourth-order valence-electron chi connectivity index (χ4n) is 1.93. The van der Waals surface area contributed by atoms with Crippen LogP contribution < -0.4 is 5.32 Å². The first-order valence-corrected chi connectivity index (χ1v) is 10.3. The third-order valence-corrected chi connectivity index (χ3v) is 7.19. The van der Waals surface area contributed by atoms with Gasteiger partial charge in [-0.15, -0.1) is 23.1 Å². The number of rotatable bonds is 6. The number of aryl methyl sites for hydroxylation is 1. The number of hydrogen-bond donors (Lipinski definition) is 1. The summed E-state index contributed by atoms with van der Waals surface area (Å²) in [4.78, 5) is 14.0. The van der Waals surface area contributed by atoms with E-state index < -0.39 is 10.0 Å². The van der Waals surface area contributed by atoms with Gasteiger partial charge >= 0.3 is 0 Å². The van der Waals surface area contributed by atoms with Crippen molar-refractivity contribution in [2.24, 2.45) is 0 Å². The van der Waals surface area contributed by atoms with Gasteiger partial charge < -0.3 is 5.32 Å². The van der Waals surface area contributed by atoms with Crippen molar-refractivity contribution < 1.29 is 13.2 Å². The minimum Gasteiger partial charge on any atom is -0.324 e. The Hall–Kier alpha value is -1.35. The van der Waals surface area contributed by atoms with E-state index in [0.717, 1.165) is 14.1 Å². The molecule has 0 bridgehead atoms. The van der Waals surface area contributed by atoms with Gasteiger partial charge in [0, 0.05) is 16.8 Å². The SMILES string of the molecule is CSc1ccccc1NC(=O)CN(C)S(=O)(=O)c1ccc(C)s1. The molecule has 1 aromatic heterocycles. The van der Waals surface area contributed by atoms with Crippen molar-refractivity contribution in [2.45, 2.75) is 16.0 Å². The highest BCUT2D eigenvalue weighted by molar-refractivity contribution is 7.98. The van der Waals surface area contributed by atoms with Gasteiger partial charge in [-0.25, -0.2) is 8.42 Å². The highest BCUT2D eigenvalue weighted by atomic mass is 32.2. The second kappa shape index (κ2) is 7.48. The van der Waals surface area contributed by atoms with Crippen molar-refractivity contribution in [1.82, 2.24) is 4.31 Å². The summed E-state index contributed by atoms with van der Waals surface area (Å²) in [5, 5.41) is 2.76. The molecule has 5 nitrogen and oxygen atoms in total. The number of nitrogens with zero attached hydrogens (tertiary/aromatic N) is 1. The van der Waals surface area contributed by atoms with Crippen LogP contribution in [0.25, 0.3) is 0 Å². The molecule has 0 saturated heterocycles. The zero-order chi connectivity index (χ0) is 17.0. The van der Waals surface area contributed by atoms with Crippen molar-refractivity contribution >= 4 is 44.7 Å². The second-order valence-corrected chi connectivity index (χ2v) is 9.28. The number of benzene rings is 1. The molecule has 1 amide bonds. The summed E-state index contributed by atoms with van der Waals surface area (Å²) in [5.41, 5.74) is 0.683. The van der Waals surface area contributed by atoms with E-state index in [0.29, 0.717) is 5.69 Å². The fraction of sp³-hybridized carbons (Fsp3) is 0.267. The maximum Gasteiger partial charge on any atom is 0.252 e. The summed E-state index contributed by atoms with van der Waals surface area (Å²) in [6.07, 6.45) is 1.92. The molecule has 0 saturated carbocycles. The second-order valence-electron chi connectivity index (χ2n) is 4.87. The Morgan fingerprint density at radius 2 is 1.96 bits per heavy atom. The topological polar surface area (TPSA) is 66.5 Å². The lowest BCUT2D eigenvalue weighted by atomic mass is 10.3. The number of carbonyl (C=O) groups is 1. The van der Waals surface area contributed by atoms with Crippen molar-refractivity contribution in [2.75, 3.05) is 25.2 Å².